The van der Waals surface area contributed by atoms with E-state index in [0.29, 0.717) is 6.42 Å². The normalized spacial score (nSPS) is 9.31. The number of carbonyl (C=O) groups is 1. The molecule has 0 aromatic heterocycles. The maximum absolute atomic E-state index is 10.2. The van der Waals surface area contributed by atoms with Gasteiger partial charge in [-0.3, -0.25) is 4.79 Å². The molecule has 1 N–H and O–H groups in total. The predicted octanol–water partition coefficient (Wildman–Crippen LogP) is 4.79. The highest BCUT2D eigenvalue weighted by Gasteiger charge is 1.96. The van der Waals surface area contributed by atoms with Gasteiger partial charge < -0.3 is 5.11 Å². The van der Waals surface area contributed by atoms with Crippen LogP contribution in [0.4, 0.5) is 0 Å². The van der Waals surface area contributed by atoms with E-state index in [1.54, 1.807) is 0 Å². The van der Waals surface area contributed by atoms with Crippen LogP contribution in [0.25, 0.3) is 0 Å². The third-order valence-corrected chi connectivity index (χ3v) is 2.49. The van der Waals surface area contributed by atoms with Gasteiger partial charge in [0.15, 0.2) is 0 Å². The van der Waals surface area contributed by atoms with Gasteiger partial charge in [-0.1, -0.05) is 58.3 Å². The summed E-state index contributed by atoms with van der Waals surface area (Å²) in [5, 5.41) is 8.41. The van der Waals surface area contributed by atoms with Crippen molar-refractivity contribution in [3.05, 3.63) is 13.2 Å². The molecule has 0 rings (SSSR count). The minimum absolute atomic E-state index is 0.343. The van der Waals surface area contributed by atoms with E-state index in [1.165, 1.54) is 44.9 Å². The number of hydrogen-bond donors (Lipinski definition) is 1. The fourth-order valence-electron chi connectivity index (χ4n) is 1.59. The van der Waals surface area contributed by atoms with Crippen LogP contribution in [-0.2, 0) is 4.79 Å². The third kappa shape index (κ3) is 18.9. The molecular formula is C14H28O2. The highest BCUT2D eigenvalue weighted by molar-refractivity contribution is 5.66. The summed E-state index contributed by atoms with van der Waals surface area (Å²) < 4.78 is 0. The number of unbranched alkanes of at least 4 members (excludes halogenated alkanes) is 8. The standard InChI is InChI=1S/C12H24O2.C2H4/c1-2-3-4-5-6-7-8-9-10-11-12(13)14;1-2/h2-11H2,1H3,(H,13,14);1-2H2. The molecule has 0 saturated carbocycles. The van der Waals surface area contributed by atoms with Gasteiger partial charge in [-0.2, -0.15) is 0 Å². The number of rotatable bonds is 10. The fourth-order valence-corrected chi connectivity index (χ4v) is 1.59. The van der Waals surface area contributed by atoms with Gasteiger partial charge in [-0.15, -0.1) is 13.2 Å². The van der Waals surface area contributed by atoms with Crippen molar-refractivity contribution in [3.8, 4) is 0 Å². The lowest BCUT2D eigenvalue weighted by molar-refractivity contribution is -0.137. The monoisotopic (exact) mass is 228 g/mol. The van der Waals surface area contributed by atoms with E-state index in [4.69, 9.17) is 5.11 Å². The molecule has 2 heteroatoms. The van der Waals surface area contributed by atoms with Crippen LogP contribution in [-0.4, -0.2) is 11.1 Å². The largest absolute Gasteiger partial charge is 0.481 e. The van der Waals surface area contributed by atoms with E-state index < -0.39 is 5.97 Å². The molecule has 0 saturated heterocycles. The van der Waals surface area contributed by atoms with Gasteiger partial charge in [-0.05, 0) is 6.42 Å². The molecule has 0 aromatic carbocycles. The Morgan fingerprint density at radius 1 is 0.875 bits per heavy atom. The first kappa shape index (κ1) is 17.6. The molecule has 0 fully saturated rings. The summed E-state index contributed by atoms with van der Waals surface area (Å²) in [6.07, 6.45) is 11.5. The van der Waals surface area contributed by atoms with Crippen LogP contribution in [0.2, 0.25) is 0 Å². The highest BCUT2D eigenvalue weighted by Crippen LogP contribution is 2.10. The second-order valence-corrected chi connectivity index (χ2v) is 3.97. The Bertz CT molecular complexity index is 144. The lowest BCUT2D eigenvalue weighted by Gasteiger charge is -2.00. The number of aliphatic carboxylic acids is 1. The lowest BCUT2D eigenvalue weighted by atomic mass is 10.1. The molecule has 0 atom stereocenters. The Balaban J connectivity index is 0. The van der Waals surface area contributed by atoms with Gasteiger partial charge in [0.25, 0.3) is 0 Å². The molecule has 0 aliphatic heterocycles. The van der Waals surface area contributed by atoms with Crippen molar-refractivity contribution in [1.82, 2.24) is 0 Å². The minimum atomic E-state index is -0.659. The molecule has 2 nitrogen and oxygen atoms in total. The van der Waals surface area contributed by atoms with Gasteiger partial charge in [0.1, 0.15) is 0 Å². The van der Waals surface area contributed by atoms with Gasteiger partial charge in [-0.25, -0.2) is 0 Å². The maximum Gasteiger partial charge on any atom is 0.303 e. The molecule has 96 valence electrons. The molecule has 0 aliphatic rings. The van der Waals surface area contributed by atoms with E-state index in [9.17, 15) is 4.79 Å². The summed E-state index contributed by atoms with van der Waals surface area (Å²) in [6, 6.07) is 0. The van der Waals surface area contributed by atoms with Gasteiger partial charge in [0.2, 0.25) is 0 Å². The van der Waals surface area contributed by atoms with Gasteiger partial charge in [0, 0.05) is 6.42 Å². The summed E-state index contributed by atoms with van der Waals surface area (Å²) in [5.74, 6) is -0.659. The van der Waals surface area contributed by atoms with E-state index in [2.05, 4.69) is 20.1 Å². The fraction of sp³-hybridized carbons (Fsp3) is 0.786. The average Bonchev–Trinajstić information content (AvgIpc) is 2.29. The summed E-state index contributed by atoms with van der Waals surface area (Å²) in [7, 11) is 0. The van der Waals surface area contributed by atoms with E-state index >= 15 is 0 Å². The Hall–Kier alpha value is -0.790. The van der Waals surface area contributed by atoms with Crippen molar-refractivity contribution >= 4 is 5.97 Å². The Morgan fingerprint density at radius 2 is 1.25 bits per heavy atom. The summed E-state index contributed by atoms with van der Waals surface area (Å²) in [4.78, 5) is 10.2. The number of carboxylic acid groups (broad SMARTS) is 1. The molecule has 0 radical (unpaired) electrons. The molecule has 0 aromatic rings. The molecule has 0 bridgehead atoms. The Labute approximate surface area is 101 Å². The molecule has 0 aliphatic carbocycles. The highest BCUT2D eigenvalue weighted by atomic mass is 16.4. The van der Waals surface area contributed by atoms with Crippen molar-refractivity contribution in [3.63, 3.8) is 0 Å². The van der Waals surface area contributed by atoms with Crippen LogP contribution in [0.15, 0.2) is 13.2 Å². The summed E-state index contributed by atoms with van der Waals surface area (Å²) >= 11 is 0. The quantitative estimate of drug-likeness (QED) is 0.431. The van der Waals surface area contributed by atoms with Gasteiger partial charge in [0.05, 0.1) is 0 Å². The van der Waals surface area contributed by atoms with Crippen LogP contribution in [0.5, 0.6) is 0 Å². The first-order chi connectivity index (χ1) is 7.77. The topological polar surface area (TPSA) is 37.3 Å². The second-order valence-electron chi connectivity index (χ2n) is 3.97. The van der Waals surface area contributed by atoms with Crippen molar-refractivity contribution in [1.29, 1.82) is 0 Å². The molecule has 0 spiro atoms. The van der Waals surface area contributed by atoms with Crippen molar-refractivity contribution < 1.29 is 9.90 Å². The van der Waals surface area contributed by atoms with Crippen LogP contribution in [0, 0.1) is 0 Å². The Morgan fingerprint density at radius 3 is 1.62 bits per heavy atom. The summed E-state index contributed by atoms with van der Waals surface area (Å²) in [6.45, 7) is 8.23. The zero-order chi connectivity index (χ0) is 12.6. The van der Waals surface area contributed by atoms with Crippen LogP contribution in [0.1, 0.15) is 71.1 Å². The molecular weight excluding hydrogens is 200 g/mol. The second kappa shape index (κ2) is 16.6. The zero-order valence-corrected chi connectivity index (χ0v) is 10.8. The minimum Gasteiger partial charge on any atom is -0.481 e. The van der Waals surface area contributed by atoms with Crippen LogP contribution >= 0.6 is 0 Å². The van der Waals surface area contributed by atoms with Crippen molar-refractivity contribution in [2.24, 2.45) is 0 Å². The number of carboxylic acids is 1. The third-order valence-electron chi connectivity index (χ3n) is 2.49. The molecule has 0 unspecified atom stereocenters. The van der Waals surface area contributed by atoms with E-state index in [-0.39, 0.29) is 0 Å². The zero-order valence-electron chi connectivity index (χ0n) is 10.8. The summed E-state index contributed by atoms with van der Waals surface area (Å²) in [5.41, 5.74) is 0. The first-order valence-corrected chi connectivity index (χ1v) is 6.49. The predicted molar refractivity (Wildman–Crippen MR) is 70.7 cm³/mol. The smallest absolute Gasteiger partial charge is 0.303 e. The SMILES string of the molecule is C=C.CCCCCCCCCCCC(=O)O. The molecule has 16 heavy (non-hydrogen) atoms. The van der Waals surface area contributed by atoms with Gasteiger partial charge >= 0.3 is 5.97 Å². The first-order valence-electron chi connectivity index (χ1n) is 6.49. The van der Waals surface area contributed by atoms with E-state index in [0.717, 1.165) is 12.8 Å². The van der Waals surface area contributed by atoms with Crippen LogP contribution in [0.3, 0.4) is 0 Å². The average molecular weight is 228 g/mol. The number of hydrogen-bond acceptors (Lipinski definition) is 1. The van der Waals surface area contributed by atoms with Crippen LogP contribution < -0.4 is 0 Å². The maximum atomic E-state index is 10.2. The Kier molecular flexibility index (Phi) is 18.3. The molecule has 0 heterocycles. The van der Waals surface area contributed by atoms with E-state index in [1.807, 2.05) is 0 Å². The van der Waals surface area contributed by atoms with Crippen molar-refractivity contribution in [2.45, 2.75) is 71.1 Å². The lowest BCUT2D eigenvalue weighted by Crippen LogP contribution is -1.93. The van der Waals surface area contributed by atoms with Crippen molar-refractivity contribution in [2.75, 3.05) is 0 Å². The molecule has 0 amide bonds.